The second-order valence-electron chi connectivity index (χ2n) is 6.30. The Bertz CT molecular complexity index is 996. The van der Waals surface area contributed by atoms with Crippen molar-refractivity contribution in [3.8, 4) is 5.88 Å². The van der Waals surface area contributed by atoms with Gasteiger partial charge in [0.2, 0.25) is 11.0 Å². The van der Waals surface area contributed by atoms with E-state index in [1.165, 1.54) is 5.69 Å². The number of benzene rings is 2. The van der Waals surface area contributed by atoms with Crippen molar-refractivity contribution < 1.29 is 5.11 Å². The van der Waals surface area contributed by atoms with Crippen LogP contribution < -0.4 is 4.90 Å². The summed E-state index contributed by atoms with van der Waals surface area (Å²) in [6.07, 6.45) is 0. The van der Waals surface area contributed by atoms with Crippen LogP contribution in [0.25, 0.3) is 10.9 Å². The summed E-state index contributed by atoms with van der Waals surface area (Å²) in [6, 6.07) is 16.0. The molecule has 138 valence electrons. The molecule has 0 amide bonds. The van der Waals surface area contributed by atoms with E-state index >= 15 is 0 Å². The summed E-state index contributed by atoms with van der Waals surface area (Å²) in [5.41, 5.74) is 2.42. The van der Waals surface area contributed by atoms with E-state index in [1.54, 1.807) is 0 Å². The Morgan fingerprint density at radius 2 is 1.81 bits per heavy atom. The number of halogens is 1. The molecule has 1 aliphatic heterocycles. The number of nitrogens with one attached hydrogen (secondary N) is 1. The number of aromatic amines is 1. The minimum Gasteiger partial charge on any atom is -0.493 e. The van der Waals surface area contributed by atoms with E-state index in [-0.39, 0.29) is 5.88 Å². The molecule has 2 aromatic carbocycles. The van der Waals surface area contributed by atoms with Crippen molar-refractivity contribution in [3.05, 3.63) is 53.0 Å². The molecular weight excluding hydrogens is 426 g/mol. The first-order chi connectivity index (χ1) is 13.1. The van der Waals surface area contributed by atoms with Gasteiger partial charge in [-0.2, -0.15) is 0 Å². The van der Waals surface area contributed by atoms with Gasteiger partial charge in [-0.15, -0.1) is 10.2 Å². The van der Waals surface area contributed by atoms with Crippen LogP contribution in [0.1, 0.15) is 0 Å². The number of piperazine rings is 1. The summed E-state index contributed by atoms with van der Waals surface area (Å²) >= 11 is 8.85. The lowest BCUT2D eigenvalue weighted by molar-refractivity contribution is 0.387. The van der Waals surface area contributed by atoms with Gasteiger partial charge in [-0.25, -0.2) is 0 Å². The first kappa shape index (κ1) is 17.9. The molecule has 2 N–H and O–H groups in total. The lowest BCUT2D eigenvalue weighted by atomic mass is 10.2. The topological polar surface area (TPSA) is 67.2 Å². The summed E-state index contributed by atoms with van der Waals surface area (Å²) < 4.78 is 0.923. The number of hydrogen-bond donors (Lipinski definition) is 2. The molecule has 4 rings (SSSR count). The predicted octanol–water partition coefficient (Wildman–Crippen LogP) is 4.83. The van der Waals surface area contributed by atoms with Crippen LogP contribution in [0.3, 0.4) is 0 Å². The third kappa shape index (κ3) is 3.81. The normalized spacial score (nSPS) is 15.0. The van der Waals surface area contributed by atoms with E-state index in [1.807, 2.05) is 41.3 Å². The maximum atomic E-state index is 10.1. The van der Waals surface area contributed by atoms with E-state index in [0.29, 0.717) is 10.8 Å². The monoisotopic (exact) mass is 443 g/mol. The number of anilines is 1. The van der Waals surface area contributed by atoms with Crippen LogP contribution in [-0.4, -0.2) is 46.3 Å². The highest BCUT2D eigenvalue weighted by molar-refractivity contribution is 9.10. The zero-order chi connectivity index (χ0) is 18.8. The van der Waals surface area contributed by atoms with E-state index in [4.69, 9.17) is 12.2 Å². The van der Waals surface area contributed by atoms with Crippen LogP contribution in [0.4, 0.5) is 11.4 Å². The van der Waals surface area contributed by atoms with Gasteiger partial charge < -0.3 is 19.9 Å². The molecule has 1 saturated heterocycles. The Kier molecular flexibility index (Phi) is 5.09. The van der Waals surface area contributed by atoms with E-state index < -0.39 is 0 Å². The standard InChI is InChI=1S/C19H18BrN5OS/c20-13-6-7-15-16(12-13)21-18(26)17(15)22-23-19(27)25-10-8-24(9-11-25)14-4-2-1-3-5-14/h1-7,12,21,26H,8-11H2. The van der Waals surface area contributed by atoms with Gasteiger partial charge >= 0.3 is 0 Å². The molecule has 0 aliphatic carbocycles. The lowest BCUT2D eigenvalue weighted by Crippen LogP contribution is -2.47. The van der Waals surface area contributed by atoms with E-state index in [9.17, 15) is 5.11 Å². The third-order valence-corrected chi connectivity index (χ3v) is 5.45. The van der Waals surface area contributed by atoms with Crippen molar-refractivity contribution in [2.45, 2.75) is 0 Å². The largest absolute Gasteiger partial charge is 0.493 e. The molecule has 0 unspecified atom stereocenters. The molecule has 2 heterocycles. The summed E-state index contributed by atoms with van der Waals surface area (Å²) in [6.45, 7) is 3.34. The minimum atomic E-state index is -0.0106. The minimum absolute atomic E-state index is 0.0106. The van der Waals surface area contributed by atoms with Gasteiger partial charge in [0.15, 0.2) is 5.69 Å². The summed E-state index contributed by atoms with van der Waals surface area (Å²) in [5, 5.41) is 19.8. The van der Waals surface area contributed by atoms with E-state index in [0.717, 1.165) is 41.6 Å². The number of azo groups is 1. The molecule has 8 heteroatoms. The van der Waals surface area contributed by atoms with Crippen molar-refractivity contribution >= 4 is 55.5 Å². The van der Waals surface area contributed by atoms with Crippen LogP contribution in [-0.2, 0) is 0 Å². The Hall–Kier alpha value is -2.45. The number of rotatable bonds is 2. The van der Waals surface area contributed by atoms with Crippen molar-refractivity contribution in [1.29, 1.82) is 0 Å². The molecule has 0 spiro atoms. The van der Waals surface area contributed by atoms with Crippen molar-refractivity contribution in [3.63, 3.8) is 0 Å². The highest BCUT2D eigenvalue weighted by atomic mass is 79.9. The van der Waals surface area contributed by atoms with Gasteiger partial charge in [0.1, 0.15) is 0 Å². The van der Waals surface area contributed by atoms with E-state index in [2.05, 4.69) is 48.2 Å². The van der Waals surface area contributed by atoms with Gasteiger partial charge in [-0.05, 0) is 42.5 Å². The summed E-state index contributed by atoms with van der Waals surface area (Å²) in [5.74, 6) is -0.0106. The average Bonchev–Trinajstić information content (AvgIpc) is 3.01. The third-order valence-electron chi connectivity index (χ3n) is 4.62. The van der Waals surface area contributed by atoms with Crippen molar-refractivity contribution in [1.82, 2.24) is 9.88 Å². The Labute approximate surface area is 170 Å². The molecule has 0 atom stereocenters. The summed E-state index contributed by atoms with van der Waals surface area (Å²) in [4.78, 5) is 7.28. The first-order valence-corrected chi connectivity index (χ1v) is 9.83. The summed E-state index contributed by atoms with van der Waals surface area (Å²) in [7, 11) is 0. The number of fused-ring (bicyclic) bond motifs is 1. The maximum absolute atomic E-state index is 10.1. The highest BCUT2D eigenvalue weighted by Gasteiger charge is 2.19. The number of hydrogen-bond acceptors (Lipinski definition) is 4. The average molecular weight is 444 g/mol. The van der Waals surface area contributed by atoms with Crippen LogP contribution in [0, 0.1) is 0 Å². The van der Waals surface area contributed by atoms with Gasteiger partial charge in [0.05, 0.1) is 5.52 Å². The number of H-pyrrole nitrogens is 1. The number of aromatic hydroxyl groups is 1. The fourth-order valence-corrected chi connectivity index (χ4v) is 3.78. The fraction of sp³-hybridized carbons (Fsp3) is 0.211. The SMILES string of the molecule is Oc1[nH]c2cc(Br)ccc2c1N=NC(=S)N1CCN(c2ccccc2)CC1. The second-order valence-corrected chi connectivity index (χ2v) is 7.59. The lowest BCUT2D eigenvalue weighted by Gasteiger charge is -2.36. The molecule has 3 aromatic rings. The molecule has 0 radical (unpaired) electrons. The number of aromatic nitrogens is 1. The highest BCUT2D eigenvalue weighted by Crippen LogP contribution is 2.36. The van der Waals surface area contributed by atoms with Crippen LogP contribution in [0.2, 0.25) is 0 Å². The quantitative estimate of drug-likeness (QED) is 0.439. The fourth-order valence-electron chi connectivity index (χ4n) is 3.19. The predicted molar refractivity (Wildman–Crippen MR) is 115 cm³/mol. The molecular formula is C19H18BrN5OS. The number of para-hydroxylation sites is 1. The van der Waals surface area contributed by atoms with Crippen LogP contribution in [0.5, 0.6) is 5.88 Å². The van der Waals surface area contributed by atoms with Crippen molar-refractivity contribution in [2.24, 2.45) is 10.2 Å². The number of thiocarbonyl (C=S) groups is 1. The molecule has 1 fully saturated rings. The Morgan fingerprint density at radius 3 is 2.56 bits per heavy atom. The zero-order valence-corrected chi connectivity index (χ0v) is 16.9. The molecule has 0 saturated carbocycles. The molecule has 27 heavy (non-hydrogen) atoms. The smallest absolute Gasteiger partial charge is 0.218 e. The Morgan fingerprint density at radius 1 is 1.07 bits per heavy atom. The molecule has 6 nitrogen and oxygen atoms in total. The molecule has 1 aromatic heterocycles. The van der Waals surface area contributed by atoms with Crippen molar-refractivity contribution in [2.75, 3.05) is 31.1 Å². The van der Waals surface area contributed by atoms with Gasteiger partial charge in [0, 0.05) is 41.7 Å². The zero-order valence-electron chi connectivity index (χ0n) is 14.5. The second kappa shape index (κ2) is 7.66. The van der Waals surface area contributed by atoms with Gasteiger partial charge in [0.25, 0.3) is 0 Å². The van der Waals surface area contributed by atoms with Gasteiger partial charge in [-0.3, -0.25) is 0 Å². The molecule has 0 bridgehead atoms. The first-order valence-electron chi connectivity index (χ1n) is 8.62. The molecule has 1 aliphatic rings. The van der Waals surface area contributed by atoms with Crippen LogP contribution >= 0.6 is 28.1 Å². The van der Waals surface area contributed by atoms with Gasteiger partial charge in [-0.1, -0.05) is 34.1 Å². The maximum Gasteiger partial charge on any atom is 0.218 e. The number of nitrogens with zero attached hydrogens (tertiary/aromatic N) is 4. The Balaban J connectivity index is 1.44. The van der Waals surface area contributed by atoms with Crippen LogP contribution in [0.15, 0.2) is 63.2 Å².